The number of sulfonamides is 1. The molecule has 158 valence electrons. The van der Waals surface area contributed by atoms with Gasteiger partial charge < -0.3 is 10.1 Å². The van der Waals surface area contributed by atoms with Gasteiger partial charge in [-0.3, -0.25) is 9.10 Å². The van der Waals surface area contributed by atoms with E-state index in [0.29, 0.717) is 23.5 Å². The predicted molar refractivity (Wildman–Crippen MR) is 120 cm³/mol. The van der Waals surface area contributed by atoms with E-state index < -0.39 is 10.0 Å². The minimum atomic E-state index is -3.71. The zero-order valence-corrected chi connectivity index (χ0v) is 19.1. The average Bonchev–Trinajstić information content (AvgIpc) is 2.70. The summed E-state index contributed by atoms with van der Waals surface area (Å²) in [5.74, 6) is 1.24. The number of thioether (sulfide) groups is 1. The van der Waals surface area contributed by atoms with Crippen LogP contribution in [-0.2, 0) is 10.0 Å². The molecule has 2 aromatic carbocycles. The van der Waals surface area contributed by atoms with Gasteiger partial charge in [0.15, 0.2) is 0 Å². The lowest BCUT2D eigenvalue weighted by atomic mass is 10.2. The van der Waals surface area contributed by atoms with Crippen LogP contribution in [-0.4, -0.2) is 45.5 Å². The van der Waals surface area contributed by atoms with Crippen molar-refractivity contribution in [2.45, 2.75) is 30.4 Å². The molecule has 6 nitrogen and oxygen atoms in total. The van der Waals surface area contributed by atoms with E-state index in [1.54, 1.807) is 48.2 Å². The molecule has 0 aliphatic carbocycles. The zero-order chi connectivity index (χ0) is 21.7. The fourth-order valence-electron chi connectivity index (χ4n) is 2.49. The lowest BCUT2D eigenvalue weighted by Gasteiger charge is -2.20. The Morgan fingerprint density at radius 3 is 2.17 bits per heavy atom. The van der Waals surface area contributed by atoms with Crippen molar-refractivity contribution in [2.24, 2.45) is 0 Å². The maximum Gasteiger partial charge on any atom is 0.264 e. The number of nitrogens with zero attached hydrogens (tertiary/aromatic N) is 1. The molecule has 0 spiro atoms. The number of carbonyl (C=O) groups is 1. The normalized spacial score (nSPS) is 11.8. The molecule has 1 amide bonds. The Balaban J connectivity index is 2.03. The molecule has 0 saturated heterocycles. The molecule has 0 fully saturated rings. The number of carbonyl (C=O) groups excluding carboxylic acids is 1. The zero-order valence-electron chi connectivity index (χ0n) is 17.4. The number of nitrogens with one attached hydrogen (secondary N) is 1. The van der Waals surface area contributed by atoms with Gasteiger partial charge in [-0.15, -0.1) is 0 Å². The van der Waals surface area contributed by atoms with Crippen molar-refractivity contribution in [3.8, 4) is 5.75 Å². The van der Waals surface area contributed by atoms with Crippen LogP contribution in [0, 0.1) is 0 Å². The Morgan fingerprint density at radius 2 is 1.66 bits per heavy atom. The molecule has 0 aromatic heterocycles. The van der Waals surface area contributed by atoms with Gasteiger partial charge in [0, 0.05) is 29.7 Å². The first-order chi connectivity index (χ1) is 13.5. The van der Waals surface area contributed by atoms with Crippen LogP contribution >= 0.6 is 11.8 Å². The number of hydrogen-bond acceptors (Lipinski definition) is 5. The minimum Gasteiger partial charge on any atom is -0.497 e. The second kappa shape index (κ2) is 9.54. The fraction of sp³-hybridized carbons (Fsp3) is 0.381. The van der Waals surface area contributed by atoms with E-state index in [-0.39, 0.29) is 15.5 Å². The maximum atomic E-state index is 12.8. The van der Waals surface area contributed by atoms with Gasteiger partial charge in [0.05, 0.1) is 17.7 Å². The van der Waals surface area contributed by atoms with Crippen molar-refractivity contribution >= 4 is 33.4 Å². The van der Waals surface area contributed by atoms with Gasteiger partial charge in [-0.05, 0) is 48.5 Å². The van der Waals surface area contributed by atoms with E-state index in [0.717, 1.165) is 5.75 Å². The van der Waals surface area contributed by atoms with Gasteiger partial charge in [0.25, 0.3) is 15.9 Å². The van der Waals surface area contributed by atoms with Crippen LogP contribution in [0.25, 0.3) is 0 Å². The molecule has 0 radical (unpaired) electrons. The summed E-state index contributed by atoms with van der Waals surface area (Å²) in [5.41, 5.74) is 0.963. The van der Waals surface area contributed by atoms with Crippen LogP contribution in [0.5, 0.6) is 5.75 Å². The predicted octanol–water partition coefficient (Wildman–Crippen LogP) is 3.78. The summed E-state index contributed by atoms with van der Waals surface area (Å²) in [6.07, 6.45) is 0. The number of methoxy groups -OCH3 is 1. The quantitative estimate of drug-likeness (QED) is 0.638. The second-order valence-electron chi connectivity index (χ2n) is 7.41. The molecule has 1 N–H and O–H groups in total. The van der Waals surface area contributed by atoms with Crippen LogP contribution in [0.2, 0.25) is 0 Å². The third-order valence-corrected chi connectivity index (χ3v) is 7.21. The van der Waals surface area contributed by atoms with E-state index in [9.17, 15) is 13.2 Å². The van der Waals surface area contributed by atoms with Crippen molar-refractivity contribution in [1.82, 2.24) is 5.32 Å². The van der Waals surface area contributed by atoms with E-state index in [1.165, 1.54) is 30.6 Å². The van der Waals surface area contributed by atoms with Crippen molar-refractivity contribution in [1.29, 1.82) is 0 Å². The lowest BCUT2D eigenvalue weighted by Crippen LogP contribution is -2.28. The highest BCUT2D eigenvalue weighted by atomic mass is 32.2. The second-order valence-corrected chi connectivity index (χ2v) is 11.3. The molecule has 0 aliphatic rings. The summed E-state index contributed by atoms with van der Waals surface area (Å²) in [4.78, 5) is 12.4. The van der Waals surface area contributed by atoms with Crippen molar-refractivity contribution < 1.29 is 17.9 Å². The smallest absolute Gasteiger partial charge is 0.264 e. The first-order valence-electron chi connectivity index (χ1n) is 9.20. The fourth-order valence-corrected chi connectivity index (χ4v) is 4.50. The Hall–Kier alpha value is -2.19. The number of amides is 1. The number of ether oxygens (including phenoxy) is 1. The van der Waals surface area contributed by atoms with Crippen molar-refractivity contribution in [3.63, 3.8) is 0 Å². The van der Waals surface area contributed by atoms with Crippen LogP contribution in [0.15, 0.2) is 53.4 Å². The van der Waals surface area contributed by atoms with Gasteiger partial charge in [-0.2, -0.15) is 11.8 Å². The van der Waals surface area contributed by atoms with E-state index in [4.69, 9.17) is 4.74 Å². The van der Waals surface area contributed by atoms with Crippen LogP contribution in [0.3, 0.4) is 0 Å². The Labute approximate surface area is 177 Å². The molecule has 29 heavy (non-hydrogen) atoms. The number of benzene rings is 2. The molecule has 0 saturated carbocycles. The van der Waals surface area contributed by atoms with Crippen molar-refractivity contribution in [3.05, 3.63) is 54.1 Å². The largest absolute Gasteiger partial charge is 0.497 e. The molecular formula is C21H28N2O4S2. The minimum absolute atomic E-state index is 0.159. The van der Waals surface area contributed by atoms with Gasteiger partial charge in [0.1, 0.15) is 5.75 Å². The average molecular weight is 437 g/mol. The number of rotatable bonds is 8. The Bertz CT molecular complexity index is 919. The summed E-state index contributed by atoms with van der Waals surface area (Å²) in [6, 6.07) is 12.7. The highest BCUT2D eigenvalue weighted by Gasteiger charge is 2.21. The summed E-state index contributed by atoms with van der Waals surface area (Å²) >= 11 is 1.78. The molecule has 2 aromatic rings. The Morgan fingerprint density at radius 1 is 1.07 bits per heavy atom. The first-order valence-corrected chi connectivity index (χ1v) is 11.6. The first kappa shape index (κ1) is 23.1. The molecule has 0 bridgehead atoms. The van der Waals surface area contributed by atoms with Gasteiger partial charge in [0.2, 0.25) is 0 Å². The molecule has 0 unspecified atom stereocenters. The Kier molecular flexibility index (Phi) is 7.60. The van der Waals surface area contributed by atoms with Gasteiger partial charge >= 0.3 is 0 Å². The standard InChI is InChI=1S/C21H28N2O4S2/c1-21(2,3)28-15-14-22-20(24)16-6-8-17(9-7-16)23(4)29(25,26)19-12-10-18(27-5)11-13-19/h6-13H,14-15H2,1-5H3,(H,22,24). The number of hydrogen-bond donors (Lipinski definition) is 1. The highest BCUT2D eigenvalue weighted by molar-refractivity contribution is 8.00. The number of anilines is 1. The summed E-state index contributed by atoms with van der Waals surface area (Å²) in [7, 11) is -0.698. The highest BCUT2D eigenvalue weighted by Crippen LogP contribution is 2.24. The van der Waals surface area contributed by atoms with Gasteiger partial charge in [-0.1, -0.05) is 20.8 Å². The van der Waals surface area contributed by atoms with Crippen LogP contribution in [0.1, 0.15) is 31.1 Å². The topological polar surface area (TPSA) is 75.7 Å². The molecule has 8 heteroatoms. The monoisotopic (exact) mass is 436 g/mol. The van der Waals surface area contributed by atoms with Crippen molar-refractivity contribution in [2.75, 3.05) is 30.8 Å². The van der Waals surface area contributed by atoms with Gasteiger partial charge in [-0.25, -0.2) is 8.42 Å². The summed E-state index contributed by atoms with van der Waals surface area (Å²) in [5, 5.41) is 2.88. The van der Waals surface area contributed by atoms with Crippen LogP contribution in [0.4, 0.5) is 5.69 Å². The molecule has 0 heterocycles. The maximum absolute atomic E-state index is 12.8. The third kappa shape index (κ3) is 6.40. The van der Waals surface area contributed by atoms with E-state index >= 15 is 0 Å². The summed E-state index contributed by atoms with van der Waals surface area (Å²) in [6.45, 7) is 6.98. The SMILES string of the molecule is COc1ccc(S(=O)(=O)N(C)c2ccc(C(=O)NCCSC(C)(C)C)cc2)cc1. The molecule has 2 rings (SSSR count). The third-order valence-electron chi connectivity index (χ3n) is 4.13. The van der Waals surface area contributed by atoms with Crippen LogP contribution < -0.4 is 14.4 Å². The molecule has 0 atom stereocenters. The lowest BCUT2D eigenvalue weighted by molar-refractivity contribution is 0.0956. The summed E-state index contributed by atoms with van der Waals surface area (Å²) < 4.78 is 32.0. The molecular weight excluding hydrogens is 408 g/mol. The molecule has 0 aliphatic heterocycles. The van der Waals surface area contributed by atoms with E-state index in [2.05, 4.69) is 26.1 Å². The van der Waals surface area contributed by atoms with E-state index in [1.807, 2.05) is 0 Å².